The van der Waals surface area contributed by atoms with Gasteiger partial charge in [0.2, 0.25) is 5.88 Å². The van der Waals surface area contributed by atoms with Crippen LogP contribution in [-0.2, 0) is 19.1 Å². The summed E-state index contributed by atoms with van der Waals surface area (Å²) in [5.41, 5.74) is -4.57. The number of ketones is 2. The highest BCUT2D eigenvalue weighted by atomic mass is 19.1. The highest BCUT2D eigenvalue weighted by molar-refractivity contribution is 5.94. The molecule has 3 fully saturated rings. The number of allylic oxidation sites excluding steroid dienone is 4. The SMILES string of the molecule is COc1ncccc1C1O[C@@H]2C[C@H]3[C@@H]4CC=C5CC(=O)C=C[C@]5(C)[C@@]4(F)[C@@H](O)C[C@]3(C)[C@]2(C(=O)CO)O1. The molecular formula is C28H32FNO7. The number of methoxy groups -OCH3 is 1. The number of aliphatic hydroxyl groups excluding tert-OH is 2. The van der Waals surface area contributed by atoms with Crippen molar-refractivity contribution in [1.29, 1.82) is 0 Å². The van der Waals surface area contributed by atoms with E-state index in [4.69, 9.17) is 14.2 Å². The number of aromatic nitrogens is 1. The van der Waals surface area contributed by atoms with E-state index in [0.29, 0.717) is 29.9 Å². The van der Waals surface area contributed by atoms with Gasteiger partial charge in [0.25, 0.3) is 0 Å². The average molecular weight is 514 g/mol. The molecule has 0 amide bonds. The van der Waals surface area contributed by atoms with Gasteiger partial charge >= 0.3 is 0 Å². The molecule has 2 heterocycles. The van der Waals surface area contributed by atoms with Crippen molar-refractivity contribution in [3.05, 3.63) is 47.7 Å². The lowest BCUT2D eigenvalue weighted by molar-refractivity contribution is -0.227. The van der Waals surface area contributed by atoms with E-state index in [-0.39, 0.29) is 24.5 Å². The second-order valence-electron chi connectivity index (χ2n) is 11.5. The van der Waals surface area contributed by atoms with Crippen LogP contribution < -0.4 is 4.74 Å². The van der Waals surface area contributed by atoms with Crippen molar-refractivity contribution in [2.24, 2.45) is 22.7 Å². The molecule has 0 spiro atoms. The van der Waals surface area contributed by atoms with E-state index in [0.717, 1.165) is 0 Å². The lowest BCUT2D eigenvalue weighted by atomic mass is 9.45. The standard InChI is InChI=1S/C28H32FNO7/c1-25-9-8-16(32)11-15(25)6-7-18-19-12-22-28(21(34)14-31,26(19,2)13-20(33)27(18,25)29)37-24(36-22)17-5-4-10-30-23(17)35-3/h4-6,8-10,18-20,22,24,31,33H,7,11-14H2,1-3H3/t18-,19-,20-,22+,24?,25-,26-,27-,28+/m0/s1. The topological polar surface area (TPSA) is 115 Å². The summed E-state index contributed by atoms with van der Waals surface area (Å²) in [6, 6.07) is 3.45. The number of hydrogen-bond acceptors (Lipinski definition) is 8. The lowest BCUT2D eigenvalue weighted by Crippen LogP contribution is -2.69. The Balaban J connectivity index is 1.44. The van der Waals surface area contributed by atoms with Gasteiger partial charge in [0, 0.05) is 29.4 Å². The van der Waals surface area contributed by atoms with Crippen LogP contribution in [0.1, 0.15) is 51.4 Å². The molecule has 1 saturated heterocycles. The van der Waals surface area contributed by atoms with Gasteiger partial charge in [-0.05, 0) is 50.3 Å². The molecule has 9 atom stereocenters. The number of ether oxygens (including phenoxy) is 3. The zero-order valence-corrected chi connectivity index (χ0v) is 21.1. The summed E-state index contributed by atoms with van der Waals surface area (Å²) in [4.78, 5) is 29.8. The van der Waals surface area contributed by atoms with E-state index in [1.165, 1.54) is 13.2 Å². The minimum absolute atomic E-state index is 0.0577. The molecule has 2 saturated carbocycles. The number of aliphatic hydroxyl groups is 2. The second-order valence-corrected chi connectivity index (χ2v) is 11.5. The van der Waals surface area contributed by atoms with Crippen LogP contribution in [0.4, 0.5) is 4.39 Å². The molecule has 198 valence electrons. The largest absolute Gasteiger partial charge is 0.481 e. The Morgan fingerprint density at radius 1 is 1.32 bits per heavy atom. The second kappa shape index (κ2) is 8.02. The quantitative estimate of drug-likeness (QED) is 0.591. The third-order valence-corrected chi connectivity index (χ3v) is 10.2. The van der Waals surface area contributed by atoms with Gasteiger partial charge < -0.3 is 24.4 Å². The first-order valence-corrected chi connectivity index (χ1v) is 12.8. The molecule has 6 rings (SSSR count). The molecule has 4 aliphatic carbocycles. The molecule has 1 aromatic rings. The van der Waals surface area contributed by atoms with Crippen LogP contribution in [0.5, 0.6) is 5.88 Å². The van der Waals surface area contributed by atoms with Crippen LogP contribution >= 0.6 is 0 Å². The molecule has 0 aromatic carbocycles. The van der Waals surface area contributed by atoms with E-state index in [1.807, 2.05) is 13.0 Å². The highest BCUT2D eigenvalue weighted by Gasteiger charge is 2.79. The number of carbonyl (C=O) groups is 2. The van der Waals surface area contributed by atoms with Gasteiger partial charge in [-0.1, -0.05) is 24.6 Å². The van der Waals surface area contributed by atoms with Crippen LogP contribution in [0.25, 0.3) is 0 Å². The number of rotatable bonds is 4. The van der Waals surface area contributed by atoms with Gasteiger partial charge in [-0.25, -0.2) is 9.37 Å². The Bertz CT molecular complexity index is 1230. The first-order chi connectivity index (χ1) is 17.6. The first-order valence-electron chi connectivity index (χ1n) is 12.8. The van der Waals surface area contributed by atoms with Crippen LogP contribution in [-0.4, -0.2) is 64.0 Å². The van der Waals surface area contributed by atoms with E-state index in [1.54, 1.807) is 31.3 Å². The fourth-order valence-electron chi connectivity index (χ4n) is 8.37. The normalized spacial score (nSPS) is 45.9. The number of nitrogens with zero attached hydrogens (tertiary/aromatic N) is 1. The van der Waals surface area contributed by atoms with Crippen LogP contribution in [0.2, 0.25) is 0 Å². The van der Waals surface area contributed by atoms with Gasteiger partial charge in [0.1, 0.15) is 6.61 Å². The fourth-order valence-corrected chi connectivity index (χ4v) is 8.37. The van der Waals surface area contributed by atoms with Gasteiger partial charge in [0.05, 0.1) is 24.9 Å². The smallest absolute Gasteiger partial charge is 0.221 e. The third-order valence-electron chi connectivity index (χ3n) is 10.2. The number of pyridine rings is 1. The van der Waals surface area contributed by atoms with Gasteiger partial charge in [-0.3, -0.25) is 9.59 Å². The summed E-state index contributed by atoms with van der Waals surface area (Å²) in [7, 11) is 1.48. The van der Waals surface area contributed by atoms with Crippen LogP contribution in [0, 0.1) is 22.7 Å². The predicted molar refractivity (Wildman–Crippen MR) is 128 cm³/mol. The maximum Gasteiger partial charge on any atom is 0.221 e. The molecule has 0 radical (unpaired) electrons. The van der Waals surface area contributed by atoms with Crippen molar-refractivity contribution in [2.45, 2.75) is 69.3 Å². The molecule has 9 heteroatoms. The number of halogens is 1. The predicted octanol–water partition coefficient (Wildman–Crippen LogP) is 2.79. The van der Waals surface area contributed by atoms with Gasteiger partial charge in [-0.15, -0.1) is 0 Å². The van der Waals surface area contributed by atoms with Gasteiger partial charge in [-0.2, -0.15) is 0 Å². The molecule has 5 aliphatic rings. The molecular weight excluding hydrogens is 481 g/mol. The monoisotopic (exact) mass is 513 g/mol. The fraction of sp³-hybridized carbons (Fsp3) is 0.607. The summed E-state index contributed by atoms with van der Waals surface area (Å²) < 4.78 is 35.6. The molecule has 1 aromatic heterocycles. The maximum atomic E-state index is 17.4. The Labute approximate surface area is 214 Å². The summed E-state index contributed by atoms with van der Waals surface area (Å²) in [5.74, 6) is -1.35. The van der Waals surface area contributed by atoms with Crippen molar-refractivity contribution in [3.8, 4) is 5.88 Å². The average Bonchev–Trinajstić information content (AvgIpc) is 3.38. The number of fused-ring (bicyclic) bond motifs is 7. The Morgan fingerprint density at radius 3 is 2.84 bits per heavy atom. The van der Waals surface area contributed by atoms with Crippen molar-refractivity contribution < 1.29 is 38.4 Å². The van der Waals surface area contributed by atoms with Crippen LogP contribution in [0.3, 0.4) is 0 Å². The van der Waals surface area contributed by atoms with Crippen molar-refractivity contribution in [2.75, 3.05) is 13.7 Å². The van der Waals surface area contributed by atoms with Crippen molar-refractivity contribution in [1.82, 2.24) is 4.98 Å². The molecule has 8 nitrogen and oxygen atoms in total. The van der Waals surface area contributed by atoms with E-state index in [2.05, 4.69) is 4.98 Å². The van der Waals surface area contributed by atoms with E-state index in [9.17, 15) is 19.8 Å². The maximum absolute atomic E-state index is 17.4. The number of alkyl halides is 1. The number of Topliss-reactive ketones (excluding diaryl/α,β-unsaturated/α-hetero) is 1. The Morgan fingerprint density at radius 2 is 2.11 bits per heavy atom. The molecule has 37 heavy (non-hydrogen) atoms. The Kier molecular flexibility index (Phi) is 5.39. The summed E-state index contributed by atoms with van der Waals surface area (Å²) in [5, 5.41) is 21.6. The van der Waals surface area contributed by atoms with Crippen LogP contribution in [0.15, 0.2) is 42.1 Å². The zero-order chi connectivity index (χ0) is 26.4. The molecule has 2 N–H and O–H groups in total. The molecule has 1 aliphatic heterocycles. The van der Waals surface area contributed by atoms with E-state index < -0.39 is 58.9 Å². The number of hydrogen-bond donors (Lipinski definition) is 2. The highest BCUT2D eigenvalue weighted by Crippen LogP contribution is 2.72. The first kappa shape index (κ1) is 24.9. The van der Waals surface area contributed by atoms with Crippen molar-refractivity contribution >= 4 is 11.6 Å². The third kappa shape index (κ3) is 2.89. The van der Waals surface area contributed by atoms with Gasteiger partial charge in [0.15, 0.2) is 29.1 Å². The minimum Gasteiger partial charge on any atom is -0.481 e. The minimum atomic E-state index is -2.04. The number of carbonyl (C=O) groups excluding carboxylic acids is 2. The molecule has 1 unspecified atom stereocenters. The molecule has 0 bridgehead atoms. The summed E-state index contributed by atoms with van der Waals surface area (Å²) in [6.07, 6.45) is 4.10. The van der Waals surface area contributed by atoms with Crippen molar-refractivity contribution in [3.63, 3.8) is 0 Å². The van der Waals surface area contributed by atoms with E-state index >= 15 is 4.39 Å². The summed E-state index contributed by atoms with van der Waals surface area (Å²) >= 11 is 0. The summed E-state index contributed by atoms with van der Waals surface area (Å²) in [6.45, 7) is 2.83. The Hall–Kier alpha value is -2.46. The lowest BCUT2D eigenvalue weighted by Gasteiger charge is -2.62. The zero-order valence-electron chi connectivity index (χ0n) is 21.1.